The number of rotatable bonds is 6. The third kappa shape index (κ3) is 4.80. The maximum Gasteiger partial charge on any atom is 0.262 e. The molecule has 4 rings (SSSR count). The van der Waals surface area contributed by atoms with Crippen molar-refractivity contribution in [2.75, 3.05) is 15.4 Å². The Morgan fingerprint density at radius 1 is 0.970 bits per heavy atom. The third-order valence-electron chi connectivity index (χ3n) is 5.81. The zero-order valence-electron chi connectivity index (χ0n) is 19.3. The topological polar surface area (TPSA) is 66.5 Å². The highest BCUT2D eigenvalue weighted by Crippen LogP contribution is 2.42. The van der Waals surface area contributed by atoms with Gasteiger partial charge in [-0.1, -0.05) is 48.9 Å². The molecule has 1 aliphatic heterocycles. The van der Waals surface area contributed by atoms with E-state index in [-0.39, 0.29) is 11.3 Å². The van der Waals surface area contributed by atoms with Crippen molar-refractivity contribution in [3.63, 3.8) is 0 Å². The largest absolute Gasteiger partial charge is 0.295 e. The van der Waals surface area contributed by atoms with Crippen molar-refractivity contribution in [3.8, 4) is 0 Å². The molecule has 1 unspecified atom stereocenters. The summed E-state index contributed by atoms with van der Waals surface area (Å²) in [5.74, 6) is 0.491. The Balaban J connectivity index is 1.57. The van der Waals surface area contributed by atoms with Crippen molar-refractivity contribution in [1.82, 2.24) is 0 Å². The number of benzene rings is 3. The fourth-order valence-corrected chi connectivity index (χ4v) is 7.05. The van der Waals surface area contributed by atoms with Crippen LogP contribution in [0.15, 0.2) is 65.6 Å². The number of nitrogens with one attached hydrogen (secondary N) is 1. The van der Waals surface area contributed by atoms with Gasteiger partial charge in [-0.2, -0.15) is 0 Å². The minimum absolute atomic E-state index is 0.0735. The van der Waals surface area contributed by atoms with Crippen molar-refractivity contribution in [2.24, 2.45) is 0 Å². The minimum Gasteiger partial charge on any atom is -0.295 e. The molecule has 5 nitrogen and oxygen atoms in total. The minimum atomic E-state index is -3.71. The molecule has 7 heteroatoms. The average Bonchev–Trinajstić information content (AvgIpc) is 3.14. The second kappa shape index (κ2) is 9.23. The highest BCUT2D eigenvalue weighted by Gasteiger charge is 2.34. The molecule has 172 valence electrons. The number of hydrogen-bond acceptors (Lipinski definition) is 4. The summed E-state index contributed by atoms with van der Waals surface area (Å²) in [4.78, 5) is 14.8. The lowest BCUT2D eigenvalue weighted by Crippen LogP contribution is -2.27. The Bertz CT molecular complexity index is 1260. The summed E-state index contributed by atoms with van der Waals surface area (Å²) in [6, 6.07) is 19.1. The number of amides is 1. The quantitative estimate of drug-likeness (QED) is 0.488. The molecule has 33 heavy (non-hydrogen) atoms. The van der Waals surface area contributed by atoms with Crippen LogP contribution >= 0.6 is 11.8 Å². The molecule has 0 bridgehead atoms. The van der Waals surface area contributed by atoms with Gasteiger partial charge in [0.05, 0.1) is 10.6 Å². The van der Waals surface area contributed by atoms with E-state index in [9.17, 15) is 13.2 Å². The van der Waals surface area contributed by atoms with Crippen LogP contribution in [0.4, 0.5) is 11.4 Å². The lowest BCUT2D eigenvalue weighted by atomic mass is 10.1. The molecule has 0 aromatic heterocycles. The highest BCUT2D eigenvalue weighted by molar-refractivity contribution is 8.00. The summed E-state index contributed by atoms with van der Waals surface area (Å²) in [5.41, 5.74) is 6.03. The van der Waals surface area contributed by atoms with Crippen molar-refractivity contribution in [2.45, 2.75) is 44.4 Å². The van der Waals surface area contributed by atoms with Gasteiger partial charge in [0.15, 0.2) is 0 Å². The van der Waals surface area contributed by atoms with E-state index in [1.54, 1.807) is 23.9 Å². The first kappa shape index (κ1) is 23.4. The lowest BCUT2D eigenvalue weighted by Gasteiger charge is -2.25. The number of thioether (sulfide) groups is 1. The Kier molecular flexibility index (Phi) is 6.54. The van der Waals surface area contributed by atoms with Gasteiger partial charge in [0.1, 0.15) is 5.37 Å². The first-order valence-corrected chi connectivity index (χ1v) is 13.5. The number of nitrogens with zero attached hydrogens (tertiary/aromatic N) is 1. The Morgan fingerprint density at radius 2 is 1.58 bits per heavy atom. The standard InChI is InChI=1S/C26H28N2O3S2/c1-5-20-6-12-23(13-7-20)28-24(29)16-32-26(28)21-8-10-22(11-9-21)27-33(30,31)25-18(3)14-17(2)15-19(25)4/h6-15,26-27H,5,16H2,1-4H3. The first-order valence-electron chi connectivity index (χ1n) is 10.9. The molecule has 1 aliphatic rings. The van der Waals surface area contributed by atoms with Crippen LogP contribution in [0.5, 0.6) is 0 Å². The van der Waals surface area contributed by atoms with E-state index in [0.717, 1.165) is 34.4 Å². The fourth-order valence-electron chi connectivity index (χ4n) is 4.35. The number of carbonyl (C=O) groups is 1. The highest BCUT2D eigenvalue weighted by atomic mass is 32.2. The van der Waals surface area contributed by atoms with E-state index in [4.69, 9.17) is 0 Å². The van der Waals surface area contributed by atoms with Crippen LogP contribution < -0.4 is 9.62 Å². The summed E-state index contributed by atoms with van der Waals surface area (Å²) in [6.07, 6.45) is 0.950. The molecule has 0 saturated carbocycles. The second-order valence-electron chi connectivity index (χ2n) is 8.40. The summed E-state index contributed by atoms with van der Waals surface area (Å²) >= 11 is 1.58. The van der Waals surface area contributed by atoms with E-state index in [0.29, 0.717) is 16.3 Å². The predicted molar refractivity (Wildman–Crippen MR) is 136 cm³/mol. The van der Waals surface area contributed by atoms with E-state index < -0.39 is 10.0 Å². The molecular formula is C26H28N2O3S2. The van der Waals surface area contributed by atoms with Gasteiger partial charge in [-0.05, 0) is 73.7 Å². The van der Waals surface area contributed by atoms with Gasteiger partial charge in [-0.15, -0.1) is 11.8 Å². The monoisotopic (exact) mass is 480 g/mol. The van der Waals surface area contributed by atoms with Crippen molar-refractivity contribution in [1.29, 1.82) is 0 Å². The summed E-state index contributed by atoms with van der Waals surface area (Å²) < 4.78 is 28.8. The maximum absolute atomic E-state index is 13.1. The van der Waals surface area contributed by atoms with Crippen LogP contribution in [-0.4, -0.2) is 20.1 Å². The van der Waals surface area contributed by atoms with E-state index in [1.165, 1.54) is 5.56 Å². The number of carbonyl (C=O) groups excluding carboxylic acids is 1. The van der Waals surface area contributed by atoms with Gasteiger partial charge >= 0.3 is 0 Å². The van der Waals surface area contributed by atoms with E-state index in [1.807, 2.05) is 62.1 Å². The van der Waals surface area contributed by atoms with Crippen molar-refractivity contribution in [3.05, 3.63) is 88.5 Å². The molecule has 1 N–H and O–H groups in total. The van der Waals surface area contributed by atoms with Crippen molar-refractivity contribution < 1.29 is 13.2 Å². The summed E-state index contributed by atoms with van der Waals surface area (Å²) in [7, 11) is -3.71. The van der Waals surface area contributed by atoms with Gasteiger partial charge in [-0.25, -0.2) is 8.42 Å². The van der Waals surface area contributed by atoms with Crippen LogP contribution in [-0.2, 0) is 21.2 Å². The van der Waals surface area contributed by atoms with E-state index in [2.05, 4.69) is 23.8 Å². The normalized spacial score (nSPS) is 16.3. The summed E-state index contributed by atoms with van der Waals surface area (Å²) in [5, 5.41) is -0.141. The van der Waals surface area contributed by atoms with Crippen LogP contribution in [0.2, 0.25) is 0 Å². The molecule has 1 atom stereocenters. The molecule has 0 spiro atoms. The van der Waals surface area contributed by atoms with Crippen molar-refractivity contribution >= 4 is 39.1 Å². The second-order valence-corrected chi connectivity index (χ2v) is 11.1. The molecular weight excluding hydrogens is 452 g/mol. The van der Waals surface area contributed by atoms with Gasteiger partial charge in [0, 0.05) is 11.4 Å². The van der Waals surface area contributed by atoms with Gasteiger partial charge in [0.25, 0.3) is 10.0 Å². The SMILES string of the molecule is CCc1ccc(N2C(=O)CSC2c2ccc(NS(=O)(=O)c3c(C)cc(C)cc3C)cc2)cc1. The zero-order valence-corrected chi connectivity index (χ0v) is 20.9. The van der Waals surface area contributed by atoms with Crippen LogP contribution in [0, 0.1) is 20.8 Å². The number of sulfonamides is 1. The Morgan fingerprint density at radius 3 is 2.15 bits per heavy atom. The number of hydrogen-bond donors (Lipinski definition) is 1. The Hall–Kier alpha value is -2.77. The lowest BCUT2D eigenvalue weighted by molar-refractivity contribution is -0.115. The molecule has 0 radical (unpaired) electrons. The predicted octanol–water partition coefficient (Wildman–Crippen LogP) is 5.75. The van der Waals surface area contributed by atoms with E-state index >= 15 is 0 Å². The average molecular weight is 481 g/mol. The van der Waals surface area contributed by atoms with Crippen LogP contribution in [0.1, 0.15) is 40.1 Å². The summed E-state index contributed by atoms with van der Waals surface area (Å²) in [6.45, 7) is 7.68. The maximum atomic E-state index is 13.1. The molecule has 1 fully saturated rings. The zero-order chi connectivity index (χ0) is 23.8. The molecule has 3 aromatic rings. The molecule has 1 heterocycles. The van der Waals surface area contributed by atoms with Gasteiger partial charge in [-0.3, -0.25) is 14.4 Å². The molecule has 0 aliphatic carbocycles. The fraction of sp³-hybridized carbons (Fsp3) is 0.269. The number of aryl methyl sites for hydroxylation is 4. The smallest absolute Gasteiger partial charge is 0.262 e. The first-order chi connectivity index (χ1) is 15.7. The molecule has 1 amide bonds. The van der Waals surface area contributed by atoms with Crippen LogP contribution in [0.3, 0.4) is 0 Å². The van der Waals surface area contributed by atoms with Gasteiger partial charge < -0.3 is 0 Å². The third-order valence-corrected chi connectivity index (χ3v) is 8.71. The Labute approximate surface area is 200 Å². The van der Waals surface area contributed by atoms with Gasteiger partial charge in [0.2, 0.25) is 5.91 Å². The molecule has 1 saturated heterocycles. The molecule has 3 aromatic carbocycles. The number of anilines is 2. The van der Waals surface area contributed by atoms with Crippen LogP contribution in [0.25, 0.3) is 0 Å².